The highest BCUT2D eigenvalue weighted by Gasteiger charge is 2.29. The van der Waals surface area contributed by atoms with Crippen molar-refractivity contribution in [3.8, 4) is 0 Å². The second kappa shape index (κ2) is 5.47. The molecule has 1 atom stereocenters. The molecule has 4 nitrogen and oxygen atoms in total. The molecular weight excluding hydrogens is 240 g/mol. The quantitative estimate of drug-likeness (QED) is 0.609. The summed E-state index contributed by atoms with van der Waals surface area (Å²) in [6, 6.07) is 3.83. The Morgan fingerprint density at radius 2 is 2.53 bits per heavy atom. The zero-order valence-electron chi connectivity index (χ0n) is 9.73. The van der Waals surface area contributed by atoms with Crippen molar-refractivity contribution >= 4 is 17.6 Å². The van der Waals surface area contributed by atoms with Crippen molar-refractivity contribution in [1.29, 1.82) is 0 Å². The molecule has 1 aromatic rings. The van der Waals surface area contributed by atoms with Crippen molar-refractivity contribution < 1.29 is 9.53 Å². The van der Waals surface area contributed by atoms with Gasteiger partial charge >= 0.3 is 5.97 Å². The Labute approximate surface area is 106 Å². The molecule has 92 valence electrons. The number of halogens is 1. The third kappa shape index (κ3) is 2.96. The SMILES string of the molecule is COC(=O)C1CCN(Cc2cccnc2Cl)C1. The molecule has 1 aliphatic heterocycles. The van der Waals surface area contributed by atoms with Crippen LogP contribution in [0.1, 0.15) is 12.0 Å². The van der Waals surface area contributed by atoms with Gasteiger partial charge in [-0.15, -0.1) is 0 Å². The lowest BCUT2D eigenvalue weighted by molar-refractivity contribution is -0.144. The molecule has 0 bridgehead atoms. The van der Waals surface area contributed by atoms with E-state index in [1.807, 2.05) is 12.1 Å². The minimum absolute atomic E-state index is 0.00422. The molecule has 2 heterocycles. The first kappa shape index (κ1) is 12.3. The van der Waals surface area contributed by atoms with E-state index in [4.69, 9.17) is 16.3 Å². The molecule has 0 aromatic carbocycles. The normalized spacial score (nSPS) is 20.5. The van der Waals surface area contributed by atoms with Crippen LogP contribution < -0.4 is 0 Å². The van der Waals surface area contributed by atoms with Crippen LogP contribution in [0, 0.1) is 5.92 Å². The summed E-state index contributed by atoms with van der Waals surface area (Å²) in [5.74, 6) is -0.125. The monoisotopic (exact) mass is 254 g/mol. The van der Waals surface area contributed by atoms with E-state index in [0.717, 1.165) is 31.6 Å². The molecule has 0 amide bonds. The highest BCUT2D eigenvalue weighted by molar-refractivity contribution is 6.30. The molecule has 5 heteroatoms. The van der Waals surface area contributed by atoms with Crippen molar-refractivity contribution in [1.82, 2.24) is 9.88 Å². The number of ether oxygens (including phenoxy) is 1. The van der Waals surface area contributed by atoms with Crippen LogP contribution in [0.3, 0.4) is 0 Å². The van der Waals surface area contributed by atoms with Crippen molar-refractivity contribution in [3.63, 3.8) is 0 Å². The van der Waals surface area contributed by atoms with E-state index in [1.165, 1.54) is 7.11 Å². The third-order valence-corrected chi connectivity index (χ3v) is 3.38. The predicted octanol–water partition coefficient (Wildman–Crippen LogP) is 1.73. The van der Waals surface area contributed by atoms with Crippen molar-refractivity contribution in [3.05, 3.63) is 29.0 Å². The molecule has 0 spiro atoms. The Morgan fingerprint density at radius 1 is 1.71 bits per heavy atom. The van der Waals surface area contributed by atoms with Gasteiger partial charge in [-0.3, -0.25) is 9.69 Å². The van der Waals surface area contributed by atoms with Gasteiger partial charge in [-0.25, -0.2) is 4.98 Å². The fraction of sp³-hybridized carbons (Fsp3) is 0.500. The number of hydrogen-bond acceptors (Lipinski definition) is 4. The van der Waals surface area contributed by atoms with Gasteiger partial charge in [0.05, 0.1) is 13.0 Å². The summed E-state index contributed by atoms with van der Waals surface area (Å²) in [6.07, 6.45) is 2.53. The van der Waals surface area contributed by atoms with Crippen LogP contribution in [0.15, 0.2) is 18.3 Å². The molecule has 1 saturated heterocycles. The lowest BCUT2D eigenvalue weighted by Gasteiger charge is -2.15. The van der Waals surface area contributed by atoms with E-state index in [0.29, 0.717) is 5.15 Å². The zero-order valence-corrected chi connectivity index (χ0v) is 10.5. The maximum absolute atomic E-state index is 11.4. The number of rotatable bonds is 3. The van der Waals surface area contributed by atoms with Gasteiger partial charge in [-0.05, 0) is 19.0 Å². The first-order valence-corrected chi connectivity index (χ1v) is 5.98. The number of carbonyl (C=O) groups is 1. The average Bonchev–Trinajstić information content (AvgIpc) is 2.80. The molecule has 1 unspecified atom stereocenters. The number of hydrogen-bond donors (Lipinski definition) is 0. The zero-order chi connectivity index (χ0) is 12.3. The predicted molar refractivity (Wildman–Crippen MR) is 64.6 cm³/mol. The number of esters is 1. The molecular formula is C12H15ClN2O2. The van der Waals surface area contributed by atoms with Gasteiger partial charge in [-0.1, -0.05) is 17.7 Å². The summed E-state index contributed by atoms with van der Waals surface area (Å²) in [5, 5.41) is 0.536. The van der Waals surface area contributed by atoms with Crippen molar-refractivity contribution in [2.24, 2.45) is 5.92 Å². The maximum atomic E-state index is 11.4. The fourth-order valence-electron chi connectivity index (χ4n) is 2.11. The second-order valence-corrected chi connectivity index (χ2v) is 4.56. The van der Waals surface area contributed by atoms with Crippen LogP contribution in [-0.4, -0.2) is 36.1 Å². The highest BCUT2D eigenvalue weighted by Crippen LogP contribution is 2.21. The molecule has 1 aromatic heterocycles. The van der Waals surface area contributed by atoms with E-state index >= 15 is 0 Å². The number of pyridine rings is 1. The molecule has 0 radical (unpaired) electrons. The molecule has 0 aliphatic carbocycles. The largest absolute Gasteiger partial charge is 0.469 e. The van der Waals surface area contributed by atoms with Gasteiger partial charge in [0, 0.05) is 24.8 Å². The third-order valence-electron chi connectivity index (χ3n) is 3.04. The van der Waals surface area contributed by atoms with E-state index in [1.54, 1.807) is 6.20 Å². The molecule has 1 fully saturated rings. The van der Waals surface area contributed by atoms with E-state index in [2.05, 4.69) is 9.88 Å². The standard InChI is InChI=1S/C12H15ClN2O2/c1-17-12(16)10-4-6-15(8-10)7-9-3-2-5-14-11(9)13/h2-3,5,10H,4,6-8H2,1H3. The smallest absolute Gasteiger partial charge is 0.310 e. The Morgan fingerprint density at radius 3 is 3.24 bits per heavy atom. The molecule has 17 heavy (non-hydrogen) atoms. The van der Waals surface area contributed by atoms with Crippen LogP contribution >= 0.6 is 11.6 Å². The summed E-state index contributed by atoms with van der Waals surface area (Å²) in [5.41, 5.74) is 1.000. The molecule has 0 saturated carbocycles. The first-order chi connectivity index (χ1) is 8.20. The molecule has 0 N–H and O–H groups in total. The summed E-state index contributed by atoms with van der Waals surface area (Å²) in [4.78, 5) is 17.6. The van der Waals surface area contributed by atoms with Crippen LogP contribution in [0.5, 0.6) is 0 Å². The molecule has 1 aliphatic rings. The van der Waals surface area contributed by atoms with E-state index in [-0.39, 0.29) is 11.9 Å². The topological polar surface area (TPSA) is 42.4 Å². The van der Waals surface area contributed by atoms with E-state index in [9.17, 15) is 4.79 Å². The molecule has 2 rings (SSSR count). The lowest BCUT2D eigenvalue weighted by atomic mass is 10.1. The van der Waals surface area contributed by atoms with Crippen LogP contribution in [0.25, 0.3) is 0 Å². The fourth-order valence-corrected chi connectivity index (χ4v) is 2.29. The summed E-state index contributed by atoms with van der Waals surface area (Å²) >= 11 is 6.00. The van der Waals surface area contributed by atoms with Gasteiger partial charge in [0.15, 0.2) is 0 Å². The summed E-state index contributed by atoms with van der Waals surface area (Å²) in [7, 11) is 1.43. The number of nitrogens with zero attached hydrogens (tertiary/aromatic N) is 2. The minimum atomic E-state index is -0.121. The maximum Gasteiger partial charge on any atom is 0.310 e. The summed E-state index contributed by atoms with van der Waals surface area (Å²) in [6.45, 7) is 2.36. The van der Waals surface area contributed by atoms with E-state index < -0.39 is 0 Å². The number of methoxy groups -OCH3 is 1. The van der Waals surface area contributed by atoms with Gasteiger partial charge in [-0.2, -0.15) is 0 Å². The first-order valence-electron chi connectivity index (χ1n) is 5.60. The van der Waals surface area contributed by atoms with Crippen LogP contribution in [0.2, 0.25) is 5.15 Å². The Hall–Kier alpha value is -1.13. The van der Waals surface area contributed by atoms with Crippen molar-refractivity contribution in [2.75, 3.05) is 20.2 Å². The summed E-state index contributed by atoms with van der Waals surface area (Å²) < 4.78 is 4.75. The number of carbonyl (C=O) groups excluding carboxylic acids is 1. The Balaban J connectivity index is 1.94. The van der Waals surface area contributed by atoms with Gasteiger partial charge in [0.25, 0.3) is 0 Å². The Kier molecular flexibility index (Phi) is 3.97. The van der Waals surface area contributed by atoms with Crippen LogP contribution in [-0.2, 0) is 16.1 Å². The average molecular weight is 255 g/mol. The highest BCUT2D eigenvalue weighted by atomic mass is 35.5. The minimum Gasteiger partial charge on any atom is -0.469 e. The Bertz CT molecular complexity index is 411. The van der Waals surface area contributed by atoms with Crippen LogP contribution in [0.4, 0.5) is 0 Å². The second-order valence-electron chi connectivity index (χ2n) is 4.20. The number of likely N-dealkylation sites (tertiary alicyclic amines) is 1. The van der Waals surface area contributed by atoms with Gasteiger partial charge in [0.1, 0.15) is 5.15 Å². The number of aromatic nitrogens is 1. The van der Waals surface area contributed by atoms with Crippen molar-refractivity contribution in [2.45, 2.75) is 13.0 Å². The van der Waals surface area contributed by atoms with Gasteiger partial charge < -0.3 is 4.74 Å². The van der Waals surface area contributed by atoms with Gasteiger partial charge in [0.2, 0.25) is 0 Å². The lowest BCUT2D eigenvalue weighted by Crippen LogP contribution is -2.23.